The zero-order chi connectivity index (χ0) is 7.94. The van der Waals surface area contributed by atoms with Crippen LogP contribution >= 0.6 is 0 Å². The second-order valence-corrected chi connectivity index (χ2v) is 1.98. The third-order valence-corrected chi connectivity index (χ3v) is 1.20. The summed E-state index contributed by atoms with van der Waals surface area (Å²) in [6.07, 6.45) is 0. The second-order valence-electron chi connectivity index (χ2n) is 1.98. The molecule has 1 radical (unpaired) electrons. The van der Waals surface area contributed by atoms with E-state index in [9.17, 15) is 0 Å². The van der Waals surface area contributed by atoms with Gasteiger partial charge >= 0.3 is 0 Å². The molecule has 2 nitrogen and oxygen atoms in total. The Balaban J connectivity index is 2.28. The third kappa shape index (κ3) is 3.05. The van der Waals surface area contributed by atoms with E-state index in [0.29, 0.717) is 6.61 Å². The number of ether oxygens (including phenoxy) is 2. The van der Waals surface area contributed by atoms with Crippen molar-refractivity contribution in [1.29, 1.82) is 0 Å². The maximum absolute atomic E-state index is 5.18. The number of rotatable bonds is 4. The average Bonchev–Trinajstić information content (AvgIpc) is 2.07. The van der Waals surface area contributed by atoms with E-state index in [1.807, 2.05) is 30.3 Å². The third-order valence-electron chi connectivity index (χ3n) is 1.20. The van der Waals surface area contributed by atoms with Gasteiger partial charge in [0.1, 0.15) is 5.75 Å². The fourth-order valence-electron chi connectivity index (χ4n) is 0.685. The van der Waals surface area contributed by atoms with Gasteiger partial charge in [0.15, 0.2) is 6.79 Å². The van der Waals surface area contributed by atoms with E-state index >= 15 is 0 Å². The summed E-state index contributed by atoms with van der Waals surface area (Å²) in [5.41, 5.74) is 0. The summed E-state index contributed by atoms with van der Waals surface area (Å²) < 4.78 is 10.1. The zero-order valence-electron chi connectivity index (χ0n) is 6.32. The molecule has 0 spiro atoms. The first-order valence-electron chi connectivity index (χ1n) is 3.48. The van der Waals surface area contributed by atoms with Gasteiger partial charge in [-0.2, -0.15) is 0 Å². The normalized spacial score (nSPS) is 9.55. The molecule has 0 bridgehead atoms. The molecule has 0 saturated carbocycles. The van der Waals surface area contributed by atoms with Crippen molar-refractivity contribution in [3.8, 4) is 5.75 Å². The highest BCUT2D eigenvalue weighted by Gasteiger charge is 1.87. The first-order chi connectivity index (χ1) is 5.43. The van der Waals surface area contributed by atoms with Gasteiger partial charge in [-0.25, -0.2) is 0 Å². The van der Waals surface area contributed by atoms with E-state index in [1.165, 1.54) is 0 Å². The van der Waals surface area contributed by atoms with Crippen LogP contribution < -0.4 is 4.74 Å². The Morgan fingerprint density at radius 2 is 1.91 bits per heavy atom. The molecule has 0 heterocycles. The minimum absolute atomic E-state index is 0.271. The fourth-order valence-corrected chi connectivity index (χ4v) is 0.685. The van der Waals surface area contributed by atoms with Gasteiger partial charge in [0.25, 0.3) is 0 Å². The van der Waals surface area contributed by atoms with E-state index in [-0.39, 0.29) is 6.79 Å². The van der Waals surface area contributed by atoms with Crippen LogP contribution in [0, 0.1) is 6.92 Å². The summed E-state index contributed by atoms with van der Waals surface area (Å²) in [4.78, 5) is 0. The summed E-state index contributed by atoms with van der Waals surface area (Å²) in [5, 5.41) is 0. The van der Waals surface area contributed by atoms with E-state index in [2.05, 4.69) is 6.92 Å². The van der Waals surface area contributed by atoms with Gasteiger partial charge in [-0.15, -0.1) is 0 Å². The van der Waals surface area contributed by atoms with Crippen LogP contribution in [-0.2, 0) is 4.74 Å². The number of hydrogen-bond donors (Lipinski definition) is 0. The Morgan fingerprint density at radius 1 is 1.18 bits per heavy atom. The predicted molar refractivity (Wildman–Crippen MR) is 43.2 cm³/mol. The summed E-state index contributed by atoms with van der Waals surface area (Å²) in [5.74, 6) is 0.820. The molecule has 0 saturated heterocycles. The molecule has 1 rings (SSSR count). The Labute approximate surface area is 66.8 Å². The number of hydrogen-bond acceptors (Lipinski definition) is 2. The average molecular weight is 151 g/mol. The Bertz CT molecular complexity index is 184. The molecule has 1 aromatic carbocycles. The standard InChI is InChI=1S/C9H11O2/c1-2-10-8-11-9-6-4-3-5-7-9/h3-7H,1-2,8H2. The van der Waals surface area contributed by atoms with Crippen molar-refractivity contribution in [2.75, 3.05) is 13.4 Å². The van der Waals surface area contributed by atoms with E-state index in [4.69, 9.17) is 9.47 Å². The van der Waals surface area contributed by atoms with Crippen LogP contribution in [0.2, 0.25) is 0 Å². The van der Waals surface area contributed by atoms with Gasteiger partial charge in [-0.1, -0.05) is 18.2 Å². The topological polar surface area (TPSA) is 18.5 Å². The fraction of sp³-hybridized carbons (Fsp3) is 0.222. The molecule has 2 heteroatoms. The van der Waals surface area contributed by atoms with Crippen LogP contribution in [0.1, 0.15) is 0 Å². The van der Waals surface area contributed by atoms with Gasteiger partial charge in [-0.05, 0) is 19.1 Å². The lowest BCUT2D eigenvalue weighted by Gasteiger charge is -2.03. The second kappa shape index (κ2) is 4.74. The molecule has 0 N–H and O–H groups in total. The molecule has 0 unspecified atom stereocenters. The van der Waals surface area contributed by atoms with Crippen molar-refractivity contribution < 1.29 is 9.47 Å². The van der Waals surface area contributed by atoms with Crippen LogP contribution in [-0.4, -0.2) is 13.4 Å². The van der Waals surface area contributed by atoms with Crippen LogP contribution in [0.25, 0.3) is 0 Å². The van der Waals surface area contributed by atoms with Crippen molar-refractivity contribution in [3.05, 3.63) is 37.3 Å². The van der Waals surface area contributed by atoms with E-state index < -0.39 is 0 Å². The molecule has 0 aromatic heterocycles. The van der Waals surface area contributed by atoms with Crippen molar-refractivity contribution >= 4 is 0 Å². The quantitative estimate of drug-likeness (QED) is 0.483. The Morgan fingerprint density at radius 3 is 2.55 bits per heavy atom. The molecule has 1 aromatic rings. The largest absolute Gasteiger partial charge is 0.468 e. The van der Waals surface area contributed by atoms with Crippen LogP contribution in [0.3, 0.4) is 0 Å². The highest BCUT2D eigenvalue weighted by atomic mass is 16.7. The van der Waals surface area contributed by atoms with Gasteiger partial charge in [-0.3, -0.25) is 0 Å². The number of para-hydroxylation sites is 1. The minimum Gasteiger partial charge on any atom is -0.468 e. The van der Waals surface area contributed by atoms with Crippen LogP contribution in [0.4, 0.5) is 0 Å². The van der Waals surface area contributed by atoms with Gasteiger partial charge in [0.05, 0.1) is 6.61 Å². The maximum atomic E-state index is 5.18. The lowest BCUT2D eigenvalue weighted by molar-refractivity contribution is 0.0299. The summed E-state index contributed by atoms with van der Waals surface area (Å²) >= 11 is 0. The van der Waals surface area contributed by atoms with Crippen LogP contribution in [0.5, 0.6) is 5.75 Å². The van der Waals surface area contributed by atoms with Gasteiger partial charge in [0.2, 0.25) is 0 Å². The summed E-state index contributed by atoms with van der Waals surface area (Å²) in [6.45, 7) is 4.22. The molecule has 59 valence electrons. The van der Waals surface area contributed by atoms with Crippen LogP contribution in [0.15, 0.2) is 30.3 Å². The molecule has 0 fully saturated rings. The minimum atomic E-state index is 0.271. The monoisotopic (exact) mass is 151 g/mol. The van der Waals surface area contributed by atoms with Gasteiger partial charge in [0, 0.05) is 0 Å². The highest BCUT2D eigenvalue weighted by Crippen LogP contribution is 2.07. The van der Waals surface area contributed by atoms with Crippen molar-refractivity contribution in [3.63, 3.8) is 0 Å². The molecule has 0 amide bonds. The predicted octanol–water partition coefficient (Wildman–Crippen LogP) is 1.87. The smallest absolute Gasteiger partial charge is 0.189 e. The Kier molecular flexibility index (Phi) is 3.48. The van der Waals surface area contributed by atoms with Gasteiger partial charge < -0.3 is 9.47 Å². The molecule has 11 heavy (non-hydrogen) atoms. The molecule has 0 aliphatic rings. The molecular formula is C9H11O2. The molecule has 0 aliphatic heterocycles. The molecular weight excluding hydrogens is 140 g/mol. The lowest BCUT2D eigenvalue weighted by Crippen LogP contribution is -2.01. The first kappa shape index (κ1) is 8.08. The van der Waals surface area contributed by atoms with Crippen molar-refractivity contribution in [2.45, 2.75) is 0 Å². The van der Waals surface area contributed by atoms with Crippen molar-refractivity contribution in [1.82, 2.24) is 0 Å². The summed E-state index contributed by atoms with van der Waals surface area (Å²) in [7, 11) is 0. The number of benzene rings is 1. The molecule has 0 aliphatic carbocycles. The zero-order valence-corrected chi connectivity index (χ0v) is 6.32. The summed E-state index contributed by atoms with van der Waals surface area (Å²) in [6, 6.07) is 9.53. The van der Waals surface area contributed by atoms with Crippen molar-refractivity contribution in [2.24, 2.45) is 0 Å². The maximum Gasteiger partial charge on any atom is 0.189 e. The molecule has 0 atom stereocenters. The van der Waals surface area contributed by atoms with E-state index in [0.717, 1.165) is 5.75 Å². The highest BCUT2D eigenvalue weighted by molar-refractivity contribution is 5.20. The van der Waals surface area contributed by atoms with E-state index in [1.54, 1.807) is 0 Å². The Hall–Kier alpha value is -1.02. The first-order valence-corrected chi connectivity index (χ1v) is 3.48. The lowest BCUT2D eigenvalue weighted by atomic mass is 10.3. The SMILES string of the molecule is [CH2]COCOc1ccccc1.